The number of nitrogens with zero attached hydrogens (tertiary/aromatic N) is 1. The molecule has 1 heterocycles. The molecule has 0 saturated carbocycles. The molecule has 1 rings (SSSR count). The molecule has 0 aromatic carbocycles. The number of amides is 2. The summed E-state index contributed by atoms with van der Waals surface area (Å²) in [4.78, 5) is 15.1. The van der Waals surface area contributed by atoms with Gasteiger partial charge in [-0.25, -0.2) is 4.79 Å². The summed E-state index contributed by atoms with van der Waals surface area (Å²) in [6, 6.07) is 3.77. The van der Waals surface area contributed by atoms with Gasteiger partial charge in [0.2, 0.25) is 0 Å². The molecule has 4 nitrogen and oxygen atoms in total. The second-order valence-corrected chi connectivity index (χ2v) is 3.34. The van der Waals surface area contributed by atoms with Crippen LogP contribution in [0.4, 0.5) is 4.79 Å². The first kappa shape index (κ1) is 10.5. The lowest BCUT2D eigenvalue weighted by Crippen LogP contribution is -2.39. The summed E-state index contributed by atoms with van der Waals surface area (Å²) >= 11 is 0. The zero-order chi connectivity index (χ0) is 10.4. The maximum absolute atomic E-state index is 11.2. The molecule has 0 spiro atoms. The fourth-order valence-corrected chi connectivity index (χ4v) is 0.998. The van der Waals surface area contributed by atoms with E-state index in [1.165, 1.54) is 0 Å². The standard InChI is InChI=1S/C10H15N3O/c1-8(2)13-10(14)12-7-9-4-3-5-11-6-9/h3-6,8H,7H2,1-2H3,(H2,12,13,14). The van der Waals surface area contributed by atoms with Crippen molar-refractivity contribution in [3.63, 3.8) is 0 Å². The molecule has 4 heteroatoms. The molecule has 2 N–H and O–H groups in total. The van der Waals surface area contributed by atoms with E-state index in [9.17, 15) is 4.79 Å². The van der Waals surface area contributed by atoms with Gasteiger partial charge in [0.05, 0.1) is 0 Å². The molecule has 1 aromatic rings. The molecule has 1 aromatic heterocycles. The van der Waals surface area contributed by atoms with Gasteiger partial charge in [0.1, 0.15) is 0 Å². The van der Waals surface area contributed by atoms with Crippen LogP contribution in [0.2, 0.25) is 0 Å². The van der Waals surface area contributed by atoms with Gasteiger partial charge in [-0.3, -0.25) is 4.98 Å². The predicted molar refractivity (Wildman–Crippen MR) is 54.7 cm³/mol. The third-order valence-electron chi connectivity index (χ3n) is 1.60. The highest BCUT2D eigenvalue weighted by Crippen LogP contribution is 1.93. The largest absolute Gasteiger partial charge is 0.336 e. The molecule has 76 valence electrons. The number of carbonyl (C=O) groups is 1. The van der Waals surface area contributed by atoms with E-state index >= 15 is 0 Å². The van der Waals surface area contributed by atoms with Gasteiger partial charge in [0.15, 0.2) is 0 Å². The van der Waals surface area contributed by atoms with Gasteiger partial charge in [0, 0.05) is 25.0 Å². The highest BCUT2D eigenvalue weighted by atomic mass is 16.2. The van der Waals surface area contributed by atoms with Gasteiger partial charge in [-0.05, 0) is 25.5 Å². The zero-order valence-corrected chi connectivity index (χ0v) is 8.45. The smallest absolute Gasteiger partial charge is 0.315 e. The van der Waals surface area contributed by atoms with Gasteiger partial charge >= 0.3 is 6.03 Å². The third-order valence-corrected chi connectivity index (χ3v) is 1.60. The Morgan fingerprint density at radius 2 is 2.36 bits per heavy atom. The molecule has 14 heavy (non-hydrogen) atoms. The van der Waals surface area contributed by atoms with E-state index < -0.39 is 0 Å². The molecule has 0 aliphatic carbocycles. The molecule has 0 fully saturated rings. The average molecular weight is 193 g/mol. The number of aromatic nitrogens is 1. The Bertz CT molecular complexity index is 285. The Balaban J connectivity index is 2.31. The second kappa shape index (κ2) is 5.21. The first-order valence-corrected chi connectivity index (χ1v) is 4.62. The van der Waals surface area contributed by atoms with Gasteiger partial charge < -0.3 is 10.6 Å². The predicted octanol–water partition coefficient (Wildman–Crippen LogP) is 1.29. The van der Waals surface area contributed by atoms with Crippen LogP contribution >= 0.6 is 0 Å². The van der Waals surface area contributed by atoms with Crippen LogP contribution in [0.25, 0.3) is 0 Å². The lowest BCUT2D eigenvalue weighted by Gasteiger charge is -2.09. The summed E-state index contributed by atoms with van der Waals surface area (Å²) in [7, 11) is 0. The molecular weight excluding hydrogens is 178 g/mol. The summed E-state index contributed by atoms with van der Waals surface area (Å²) < 4.78 is 0. The SMILES string of the molecule is CC(C)NC(=O)NCc1cccnc1. The van der Waals surface area contributed by atoms with E-state index in [0.717, 1.165) is 5.56 Å². The minimum absolute atomic E-state index is 0.149. The molecule has 2 amide bonds. The quantitative estimate of drug-likeness (QED) is 0.760. The molecule has 0 radical (unpaired) electrons. The number of carbonyl (C=O) groups excluding carboxylic acids is 1. The van der Waals surface area contributed by atoms with E-state index in [0.29, 0.717) is 6.54 Å². The molecule has 0 bridgehead atoms. The Hall–Kier alpha value is -1.58. The molecule has 0 aliphatic rings. The van der Waals surface area contributed by atoms with Crippen LogP contribution in [0.3, 0.4) is 0 Å². The Morgan fingerprint density at radius 1 is 1.57 bits per heavy atom. The lowest BCUT2D eigenvalue weighted by atomic mass is 10.3. The van der Waals surface area contributed by atoms with Crippen molar-refractivity contribution >= 4 is 6.03 Å². The number of hydrogen-bond donors (Lipinski definition) is 2. The van der Waals surface area contributed by atoms with Crippen molar-refractivity contribution in [2.24, 2.45) is 0 Å². The van der Waals surface area contributed by atoms with Crippen molar-refractivity contribution in [2.75, 3.05) is 0 Å². The number of hydrogen-bond acceptors (Lipinski definition) is 2. The number of pyridine rings is 1. The van der Waals surface area contributed by atoms with Gasteiger partial charge in [0.25, 0.3) is 0 Å². The maximum Gasteiger partial charge on any atom is 0.315 e. The highest BCUT2D eigenvalue weighted by molar-refractivity contribution is 5.74. The van der Waals surface area contributed by atoms with E-state index in [2.05, 4.69) is 15.6 Å². The van der Waals surface area contributed by atoms with Crippen LogP contribution in [0.5, 0.6) is 0 Å². The maximum atomic E-state index is 11.2. The van der Waals surface area contributed by atoms with Crippen molar-refractivity contribution in [1.29, 1.82) is 0 Å². The Kier molecular flexibility index (Phi) is 3.91. The van der Waals surface area contributed by atoms with Gasteiger partial charge in [-0.2, -0.15) is 0 Å². The summed E-state index contributed by atoms with van der Waals surface area (Å²) in [5.41, 5.74) is 0.992. The molecule has 0 saturated heterocycles. The normalized spacial score (nSPS) is 9.93. The first-order valence-electron chi connectivity index (χ1n) is 4.62. The number of urea groups is 1. The molecule has 0 atom stereocenters. The summed E-state index contributed by atoms with van der Waals surface area (Å²) in [5, 5.41) is 5.48. The van der Waals surface area contributed by atoms with E-state index in [4.69, 9.17) is 0 Å². The van der Waals surface area contributed by atoms with E-state index in [1.807, 2.05) is 26.0 Å². The second-order valence-electron chi connectivity index (χ2n) is 3.34. The van der Waals surface area contributed by atoms with Crippen molar-refractivity contribution in [2.45, 2.75) is 26.4 Å². The van der Waals surface area contributed by atoms with Crippen LogP contribution in [0, 0.1) is 0 Å². The van der Waals surface area contributed by atoms with Gasteiger partial charge in [-0.1, -0.05) is 6.07 Å². The minimum atomic E-state index is -0.149. The summed E-state index contributed by atoms with van der Waals surface area (Å²) in [5.74, 6) is 0. The minimum Gasteiger partial charge on any atom is -0.336 e. The average Bonchev–Trinajstić information content (AvgIpc) is 2.15. The number of nitrogens with one attached hydrogen (secondary N) is 2. The van der Waals surface area contributed by atoms with E-state index in [1.54, 1.807) is 12.4 Å². The van der Waals surface area contributed by atoms with Crippen LogP contribution in [0.15, 0.2) is 24.5 Å². The van der Waals surface area contributed by atoms with Crippen LogP contribution in [-0.4, -0.2) is 17.1 Å². The topological polar surface area (TPSA) is 54.0 Å². The van der Waals surface area contributed by atoms with E-state index in [-0.39, 0.29) is 12.1 Å². The Labute approximate surface area is 83.7 Å². The fraction of sp³-hybridized carbons (Fsp3) is 0.400. The lowest BCUT2D eigenvalue weighted by molar-refractivity contribution is 0.238. The summed E-state index contributed by atoms with van der Waals surface area (Å²) in [6.07, 6.45) is 3.44. The van der Waals surface area contributed by atoms with Crippen LogP contribution in [-0.2, 0) is 6.54 Å². The van der Waals surface area contributed by atoms with Crippen LogP contribution in [0.1, 0.15) is 19.4 Å². The monoisotopic (exact) mass is 193 g/mol. The summed E-state index contributed by atoms with van der Waals surface area (Å²) in [6.45, 7) is 4.35. The third kappa shape index (κ3) is 3.89. The molecular formula is C10H15N3O. The van der Waals surface area contributed by atoms with Crippen molar-refractivity contribution in [3.8, 4) is 0 Å². The zero-order valence-electron chi connectivity index (χ0n) is 8.45. The highest BCUT2D eigenvalue weighted by Gasteiger charge is 2.01. The van der Waals surface area contributed by atoms with Crippen molar-refractivity contribution in [1.82, 2.24) is 15.6 Å². The van der Waals surface area contributed by atoms with Crippen LogP contribution < -0.4 is 10.6 Å². The van der Waals surface area contributed by atoms with Gasteiger partial charge in [-0.15, -0.1) is 0 Å². The molecule has 0 aliphatic heterocycles. The first-order chi connectivity index (χ1) is 6.68. The number of rotatable bonds is 3. The van der Waals surface area contributed by atoms with Crippen molar-refractivity contribution in [3.05, 3.63) is 30.1 Å². The van der Waals surface area contributed by atoms with Crippen molar-refractivity contribution < 1.29 is 4.79 Å². The molecule has 0 unspecified atom stereocenters. The Morgan fingerprint density at radius 3 is 2.93 bits per heavy atom. The fourth-order valence-electron chi connectivity index (χ4n) is 0.998.